The molecule has 88 valence electrons. The SMILES string of the molecule is CCN(CC(=O)O)Cc1ccc(F)c(Br)c1. The molecule has 1 N–H and O–H groups in total. The van der Waals surface area contributed by atoms with Gasteiger partial charge in [-0.05, 0) is 40.2 Å². The van der Waals surface area contributed by atoms with Crippen LogP contribution >= 0.6 is 15.9 Å². The van der Waals surface area contributed by atoms with Gasteiger partial charge in [-0.15, -0.1) is 0 Å². The number of hydrogen-bond donors (Lipinski definition) is 1. The van der Waals surface area contributed by atoms with E-state index in [4.69, 9.17) is 5.11 Å². The van der Waals surface area contributed by atoms with E-state index in [0.29, 0.717) is 17.6 Å². The van der Waals surface area contributed by atoms with Gasteiger partial charge in [0.2, 0.25) is 0 Å². The lowest BCUT2D eigenvalue weighted by Gasteiger charge is -2.18. The monoisotopic (exact) mass is 289 g/mol. The van der Waals surface area contributed by atoms with Gasteiger partial charge in [-0.2, -0.15) is 0 Å². The van der Waals surface area contributed by atoms with Crippen molar-refractivity contribution in [3.63, 3.8) is 0 Å². The Kier molecular flexibility index (Phi) is 4.89. The summed E-state index contributed by atoms with van der Waals surface area (Å²) >= 11 is 3.10. The Hall–Kier alpha value is -0.940. The molecule has 1 aromatic rings. The van der Waals surface area contributed by atoms with Gasteiger partial charge in [-0.3, -0.25) is 9.69 Å². The van der Waals surface area contributed by atoms with Crippen molar-refractivity contribution in [3.8, 4) is 0 Å². The molecular formula is C11H13BrFNO2. The molecule has 0 fully saturated rings. The summed E-state index contributed by atoms with van der Waals surface area (Å²) in [6, 6.07) is 4.69. The first kappa shape index (κ1) is 13.1. The Morgan fingerprint density at radius 2 is 2.25 bits per heavy atom. The van der Waals surface area contributed by atoms with Crippen LogP contribution in [0.2, 0.25) is 0 Å². The van der Waals surface area contributed by atoms with Crippen LogP contribution in [0.25, 0.3) is 0 Å². The number of rotatable bonds is 5. The fourth-order valence-corrected chi connectivity index (χ4v) is 1.79. The predicted octanol–water partition coefficient (Wildman–Crippen LogP) is 2.49. The fraction of sp³-hybridized carbons (Fsp3) is 0.364. The molecule has 0 saturated heterocycles. The molecule has 0 radical (unpaired) electrons. The second-order valence-electron chi connectivity index (χ2n) is 3.45. The molecule has 0 saturated carbocycles. The van der Waals surface area contributed by atoms with E-state index in [1.165, 1.54) is 6.07 Å². The van der Waals surface area contributed by atoms with Gasteiger partial charge < -0.3 is 5.11 Å². The van der Waals surface area contributed by atoms with Crippen LogP contribution in [0.5, 0.6) is 0 Å². The molecule has 0 atom stereocenters. The number of hydrogen-bond acceptors (Lipinski definition) is 2. The number of nitrogens with zero attached hydrogens (tertiary/aromatic N) is 1. The van der Waals surface area contributed by atoms with Crippen molar-refractivity contribution in [2.75, 3.05) is 13.1 Å². The molecule has 3 nitrogen and oxygen atoms in total. The Morgan fingerprint density at radius 1 is 1.56 bits per heavy atom. The van der Waals surface area contributed by atoms with E-state index in [1.807, 2.05) is 6.92 Å². The third-order valence-electron chi connectivity index (χ3n) is 2.20. The van der Waals surface area contributed by atoms with E-state index in [-0.39, 0.29) is 12.4 Å². The number of carbonyl (C=O) groups is 1. The number of carboxylic acid groups (broad SMARTS) is 1. The number of benzene rings is 1. The number of halogens is 2. The van der Waals surface area contributed by atoms with Crippen molar-refractivity contribution < 1.29 is 14.3 Å². The Bertz CT molecular complexity index is 384. The van der Waals surface area contributed by atoms with Gasteiger partial charge in [-0.1, -0.05) is 13.0 Å². The van der Waals surface area contributed by atoms with Gasteiger partial charge in [0, 0.05) is 6.54 Å². The predicted molar refractivity (Wildman–Crippen MR) is 62.7 cm³/mol. The third kappa shape index (κ3) is 3.90. The molecule has 0 spiro atoms. The minimum atomic E-state index is -0.858. The molecule has 5 heteroatoms. The summed E-state index contributed by atoms with van der Waals surface area (Å²) in [5.74, 6) is -1.17. The zero-order valence-electron chi connectivity index (χ0n) is 8.91. The van der Waals surface area contributed by atoms with Crippen molar-refractivity contribution in [1.82, 2.24) is 4.90 Å². The number of likely N-dealkylation sites (N-methyl/N-ethyl adjacent to an activating group) is 1. The summed E-state index contributed by atoms with van der Waals surface area (Å²) in [6.07, 6.45) is 0. The van der Waals surface area contributed by atoms with Gasteiger partial charge >= 0.3 is 5.97 Å². The lowest BCUT2D eigenvalue weighted by Crippen LogP contribution is -2.29. The largest absolute Gasteiger partial charge is 0.480 e. The second-order valence-corrected chi connectivity index (χ2v) is 4.30. The second kappa shape index (κ2) is 5.96. The smallest absolute Gasteiger partial charge is 0.317 e. The third-order valence-corrected chi connectivity index (χ3v) is 2.80. The zero-order valence-corrected chi connectivity index (χ0v) is 10.5. The van der Waals surface area contributed by atoms with E-state index >= 15 is 0 Å². The van der Waals surface area contributed by atoms with E-state index in [1.54, 1.807) is 17.0 Å². The van der Waals surface area contributed by atoms with Crippen LogP contribution in [0, 0.1) is 5.82 Å². The van der Waals surface area contributed by atoms with Gasteiger partial charge in [0.05, 0.1) is 11.0 Å². The van der Waals surface area contributed by atoms with E-state index in [9.17, 15) is 9.18 Å². The molecule has 0 amide bonds. The summed E-state index contributed by atoms with van der Waals surface area (Å²) in [4.78, 5) is 12.3. The van der Waals surface area contributed by atoms with Crippen LogP contribution in [0.3, 0.4) is 0 Å². The molecule has 0 aliphatic carbocycles. The molecule has 0 aromatic heterocycles. The van der Waals surface area contributed by atoms with Gasteiger partial charge in [-0.25, -0.2) is 4.39 Å². The van der Waals surface area contributed by atoms with Crippen LogP contribution < -0.4 is 0 Å². The maximum Gasteiger partial charge on any atom is 0.317 e. The van der Waals surface area contributed by atoms with Crippen LogP contribution in [0.1, 0.15) is 12.5 Å². The van der Waals surface area contributed by atoms with E-state index in [0.717, 1.165) is 5.56 Å². The first-order valence-corrected chi connectivity index (χ1v) is 5.70. The van der Waals surface area contributed by atoms with Gasteiger partial charge in [0.15, 0.2) is 0 Å². The minimum Gasteiger partial charge on any atom is -0.480 e. The average Bonchev–Trinajstić information content (AvgIpc) is 2.22. The molecule has 0 unspecified atom stereocenters. The van der Waals surface area contributed by atoms with Crippen molar-refractivity contribution in [2.45, 2.75) is 13.5 Å². The van der Waals surface area contributed by atoms with E-state index < -0.39 is 5.97 Å². The Labute approximate surface area is 102 Å². The van der Waals surface area contributed by atoms with Crippen molar-refractivity contribution in [3.05, 3.63) is 34.1 Å². The highest BCUT2D eigenvalue weighted by Crippen LogP contribution is 2.17. The first-order chi connectivity index (χ1) is 7.52. The summed E-state index contributed by atoms with van der Waals surface area (Å²) < 4.78 is 13.4. The summed E-state index contributed by atoms with van der Waals surface area (Å²) in [7, 11) is 0. The highest BCUT2D eigenvalue weighted by molar-refractivity contribution is 9.10. The maximum atomic E-state index is 13.0. The lowest BCUT2D eigenvalue weighted by atomic mass is 10.2. The number of carboxylic acids is 1. The quantitative estimate of drug-likeness (QED) is 0.905. The highest BCUT2D eigenvalue weighted by atomic mass is 79.9. The topological polar surface area (TPSA) is 40.5 Å². The lowest BCUT2D eigenvalue weighted by molar-refractivity contribution is -0.138. The molecule has 0 bridgehead atoms. The molecule has 0 aliphatic rings. The first-order valence-electron chi connectivity index (χ1n) is 4.91. The summed E-state index contributed by atoms with van der Waals surface area (Å²) in [5, 5.41) is 8.68. The molecular weight excluding hydrogens is 277 g/mol. The molecule has 1 rings (SSSR count). The Balaban J connectivity index is 2.70. The van der Waals surface area contributed by atoms with Crippen LogP contribution in [-0.2, 0) is 11.3 Å². The molecule has 0 aliphatic heterocycles. The molecule has 0 heterocycles. The van der Waals surface area contributed by atoms with E-state index in [2.05, 4.69) is 15.9 Å². The van der Waals surface area contributed by atoms with Crippen molar-refractivity contribution in [2.24, 2.45) is 0 Å². The molecule has 1 aromatic carbocycles. The average molecular weight is 290 g/mol. The summed E-state index contributed by atoms with van der Waals surface area (Å²) in [5.41, 5.74) is 0.886. The summed E-state index contributed by atoms with van der Waals surface area (Å²) in [6.45, 7) is 3.02. The zero-order chi connectivity index (χ0) is 12.1. The van der Waals surface area contributed by atoms with Crippen molar-refractivity contribution >= 4 is 21.9 Å². The van der Waals surface area contributed by atoms with Crippen molar-refractivity contribution in [1.29, 1.82) is 0 Å². The van der Waals surface area contributed by atoms with Crippen LogP contribution in [-0.4, -0.2) is 29.1 Å². The highest BCUT2D eigenvalue weighted by Gasteiger charge is 2.09. The fourth-order valence-electron chi connectivity index (χ4n) is 1.37. The maximum absolute atomic E-state index is 13.0. The number of aliphatic carboxylic acids is 1. The minimum absolute atomic E-state index is 0.00844. The van der Waals surface area contributed by atoms with Gasteiger partial charge in [0.25, 0.3) is 0 Å². The van der Waals surface area contributed by atoms with Gasteiger partial charge in [0.1, 0.15) is 5.82 Å². The molecule has 16 heavy (non-hydrogen) atoms. The normalized spacial score (nSPS) is 10.8. The van der Waals surface area contributed by atoms with Crippen LogP contribution in [0.15, 0.2) is 22.7 Å². The Morgan fingerprint density at radius 3 is 2.75 bits per heavy atom. The van der Waals surface area contributed by atoms with Crippen LogP contribution in [0.4, 0.5) is 4.39 Å². The standard InChI is InChI=1S/C11H13BrFNO2/c1-2-14(7-11(15)16)6-8-3-4-10(13)9(12)5-8/h3-5H,2,6-7H2,1H3,(H,15,16).